The van der Waals surface area contributed by atoms with Gasteiger partial charge in [0.15, 0.2) is 5.96 Å². The van der Waals surface area contributed by atoms with Gasteiger partial charge < -0.3 is 15.5 Å². The molecule has 0 aromatic heterocycles. The van der Waals surface area contributed by atoms with E-state index in [2.05, 4.69) is 58.5 Å². The van der Waals surface area contributed by atoms with Crippen molar-refractivity contribution >= 4 is 47.6 Å². The fourth-order valence-corrected chi connectivity index (χ4v) is 4.16. The zero-order valence-electron chi connectivity index (χ0n) is 17.5. The molecule has 6 nitrogen and oxygen atoms in total. The van der Waals surface area contributed by atoms with Gasteiger partial charge in [-0.1, -0.05) is 25.1 Å². The second-order valence-electron chi connectivity index (χ2n) is 7.54. The minimum atomic E-state index is 0. The number of aliphatic imine (C=N–C) groups is 1. The molecule has 1 aromatic rings. The Balaban J connectivity index is 0.00000300. The van der Waals surface area contributed by atoms with Crippen molar-refractivity contribution in [2.75, 3.05) is 45.8 Å². The minimum Gasteiger partial charge on any atom is -0.357 e. The van der Waals surface area contributed by atoms with E-state index in [0.717, 1.165) is 58.1 Å². The van der Waals surface area contributed by atoms with Crippen LogP contribution in [0.25, 0.3) is 0 Å². The van der Waals surface area contributed by atoms with Gasteiger partial charge in [-0.15, -0.1) is 35.7 Å². The molecule has 0 radical (unpaired) electrons. The van der Waals surface area contributed by atoms with Crippen molar-refractivity contribution in [1.29, 1.82) is 0 Å². The number of thioether (sulfide) groups is 1. The van der Waals surface area contributed by atoms with Crippen LogP contribution in [0.5, 0.6) is 0 Å². The number of hydrogen-bond acceptors (Lipinski definition) is 4. The van der Waals surface area contributed by atoms with Crippen LogP contribution in [0.2, 0.25) is 0 Å². The van der Waals surface area contributed by atoms with Gasteiger partial charge in [-0.25, -0.2) is 0 Å². The van der Waals surface area contributed by atoms with Gasteiger partial charge >= 0.3 is 0 Å². The fraction of sp³-hybridized carbons (Fsp3) is 0.619. The average Bonchev–Trinajstić information content (AvgIpc) is 3.50. The lowest BCUT2D eigenvalue weighted by atomic mass is 10.3. The number of amides is 1. The Bertz CT molecular complexity index is 648. The van der Waals surface area contributed by atoms with Crippen LogP contribution in [-0.4, -0.2) is 78.8 Å². The van der Waals surface area contributed by atoms with Gasteiger partial charge in [0.2, 0.25) is 5.91 Å². The van der Waals surface area contributed by atoms with E-state index in [1.165, 1.54) is 4.90 Å². The lowest BCUT2D eigenvalue weighted by molar-refractivity contribution is -0.122. The Morgan fingerprint density at radius 2 is 1.90 bits per heavy atom. The number of rotatable bonds is 8. The van der Waals surface area contributed by atoms with Gasteiger partial charge in [0.1, 0.15) is 0 Å². The van der Waals surface area contributed by atoms with Crippen molar-refractivity contribution in [2.24, 2.45) is 4.99 Å². The second kappa shape index (κ2) is 12.6. The molecule has 2 N–H and O–H groups in total. The highest BCUT2D eigenvalue weighted by molar-refractivity contribution is 14.0. The standard InChI is InChI=1S/C21H33N5OS.HI/c1-3-22-21(23-15-17(2)28-19-7-5-4-6-8-19)26-13-11-25(12-14-26)16-20(27)24-18-9-10-18;/h4-8,17-18H,3,9-16H2,1-2H3,(H,22,23)(H,24,27);1H. The van der Waals surface area contributed by atoms with Crippen molar-refractivity contribution in [3.63, 3.8) is 0 Å². The number of carbonyl (C=O) groups is 1. The maximum Gasteiger partial charge on any atom is 0.234 e. The van der Waals surface area contributed by atoms with E-state index in [0.29, 0.717) is 17.8 Å². The number of nitrogens with zero attached hydrogens (tertiary/aromatic N) is 3. The van der Waals surface area contributed by atoms with E-state index in [9.17, 15) is 4.79 Å². The van der Waals surface area contributed by atoms with Crippen LogP contribution in [0.15, 0.2) is 40.2 Å². The molecular formula is C21H34IN5OS. The Morgan fingerprint density at radius 1 is 1.21 bits per heavy atom. The number of benzene rings is 1. The zero-order chi connectivity index (χ0) is 19.8. The van der Waals surface area contributed by atoms with E-state index in [1.807, 2.05) is 17.8 Å². The minimum absolute atomic E-state index is 0. The summed E-state index contributed by atoms with van der Waals surface area (Å²) in [5.74, 6) is 1.16. The topological polar surface area (TPSA) is 60.0 Å². The molecule has 1 amide bonds. The molecule has 2 fully saturated rings. The fourth-order valence-electron chi connectivity index (χ4n) is 3.23. The molecule has 1 heterocycles. The van der Waals surface area contributed by atoms with Gasteiger partial charge in [0.05, 0.1) is 13.1 Å². The average molecular weight is 532 g/mol. The molecule has 0 bridgehead atoms. The van der Waals surface area contributed by atoms with E-state index in [-0.39, 0.29) is 29.9 Å². The summed E-state index contributed by atoms with van der Waals surface area (Å²) in [7, 11) is 0. The highest BCUT2D eigenvalue weighted by Crippen LogP contribution is 2.22. The molecule has 1 aromatic carbocycles. The third-order valence-corrected chi connectivity index (χ3v) is 5.99. The third-order valence-electron chi connectivity index (χ3n) is 4.90. The molecule has 1 aliphatic heterocycles. The first-order chi connectivity index (χ1) is 13.6. The van der Waals surface area contributed by atoms with Crippen LogP contribution in [0.1, 0.15) is 26.7 Å². The lowest BCUT2D eigenvalue weighted by Crippen LogP contribution is -2.54. The SMILES string of the molecule is CCNC(=NCC(C)Sc1ccccc1)N1CCN(CC(=O)NC2CC2)CC1.I. The van der Waals surface area contributed by atoms with Crippen molar-refractivity contribution in [3.05, 3.63) is 30.3 Å². The third kappa shape index (κ3) is 8.72. The smallest absolute Gasteiger partial charge is 0.234 e. The van der Waals surface area contributed by atoms with Crippen LogP contribution in [0.3, 0.4) is 0 Å². The molecule has 29 heavy (non-hydrogen) atoms. The number of guanidine groups is 1. The first-order valence-electron chi connectivity index (χ1n) is 10.4. The van der Waals surface area contributed by atoms with Crippen molar-refractivity contribution in [2.45, 2.75) is 42.9 Å². The Kier molecular flexibility index (Phi) is 10.6. The summed E-state index contributed by atoms with van der Waals surface area (Å²) in [6, 6.07) is 10.9. The first-order valence-corrected chi connectivity index (χ1v) is 11.3. The Morgan fingerprint density at radius 3 is 2.52 bits per heavy atom. The molecule has 1 aliphatic carbocycles. The molecule has 1 atom stereocenters. The molecule has 1 unspecified atom stereocenters. The van der Waals surface area contributed by atoms with Crippen molar-refractivity contribution < 1.29 is 4.79 Å². The zero-order valence-corrected chi connectivity index (χ0v) is 20.6. The van der Waals surface area contributed by atoms with Crippen LogP contribution < -0.4 is 10.6 Å². The summed E-state index contributed by atoms with van der Waals surface area (Å²) >= 11 is 1.86. The van der Waals surface area contributed by atoms with Crippen LogP contribution >= 0.6 is 35.7 Å². The molecule has 162 valence electrons. The maximum absolute atomic E-state index is 12.0. The first kappa shape index (κ1) is 24.3. The highest BCUT2D eigenvalue weighted by Gasteiger charge is 2.25. The second-order valence-corrected chi connectivity index (χ2v) is 9.05. The van der Waals surface area contributed by atoms with Gasteiger partial charge in [-0.3, -0.25) is 14.7 Å². The summed E-state index contributed by atoms with van der Waals surface area (Å²) in [5, 5.41) is 6.93. The summed E-state index contributed by atoms with van der Waals surface area (Å²) in [6.45, 7) is 10.1. The Hall–Kier alpha value is -1.00. The van der Waals surface area contributed by atoms with E-state index in [1.54, 1.807) is 0 Å². The van der Waals surface area contributed by atoms with Crippen molar-refractivity contribution in [1.82, 2.24) is 20.4 Å². The molecule has 1 saturated carbocycles. The predicted molar refractivity (Wildman–Crippen MR) is 132 cm³/mol. The number of piperazine rings is 1. The van der Waals surface area contributed by atoms with Gasteiger partial charge in [0.25, 0.3) is 0 Å². The van der Waals surface area contributed by atoms with Crippen LogP contribution in [0, 0.1) is 0 Å². The molecule has 8 heteroatoms. The van der Waals surface area contributed by atoms with Crippen LogP contribution in [0.4, 0.5) is 0 Å². The van der Waals surface area contributed by atoms with E-state index in [4.69, 9.17) is 4.99 Å². The summed E-state index contributed by atoms with van der Waals surface area (Å²) in [5.41, 5.74) is 0. The van der Waals surface area contributed by atoms with Gasteiger partial charge in [-0.05, 0) is 31.9 Å². The molecule has 1 saturated heterocycles. The summed E-state index contributed by atoms with van der Waals surface area (Å²) < 4.78 is 0. The largest absolute Gasteiger partial charge is 0.357 e. The monoisotopic (exact) mass is 531 g/mol. The van der Waals surface area contributed by atoms with Crippen LogP contribution in [-0.2, 0) is 4.79 Å². The van der Waals surface area contributed by atoms with E-state index < -0.39 is 0 Å². The summed E-state index contributed by atoms with van der Waals surface area (Å²) in [6.07, 6.45) is 2.28. The number of halogens is 1. The predicted octanol–water partition coefficient (Wildman–Crippen LogP) is 2.65. The maximum atomic E-state index is 12.0. The normalized spacial score (nSPS) is 18.7. The Labute approximate surface area is 196 Å². The highest BCUT2D eigenvalue weighted by atomic mass is 127. The van der Waals surface area contributed by atoms with Gasteiger partial charge in [0, 0.05) is 48.9 Å². The molecule has 0 spiro atoms. The number of hydrogen-bond donors (Lipinski definition) is 2. The molecular weight excluding hydrogens is 497 g/mol. The number of nitrogens with one attached hydrogen (secondary N) is 2. The molecule has 2 aliphatic rings. The molecule has 3 rings (SSSR count). The number of carbonyl (C=O) groups excluding carboxylic acids is 1. The lowest BCUT2D eigenvalue weighted by Gasteiger charge is -2.36. The quantitative estimate of drug-likeness (QED) is 0.234. The summed E-state index contributed by atoms with van der Waals surface area (Å²) in [4.78, 5) is 22.7. The van der Waals surface area contributed by atoms with Crippen molar-refractivity contribution in [3.8, 4) is 0 Å². The van der Waals surface area contributed by atoms with E-state index >= 15 is 0 Å². The van der Waals surface area contributed by atoms with Gasteiger partial charge in [-0.2, -0.15) is 0 Å².